The molecule has 0 bridgehead atoms. The quantitative estimate of drug-likeness (QED) is 0.524. The molecule has 106 valence electrons. The van der Waals surface area contributed by atoms with Crippen molar-refractivity contribution in [3.63, 3.8) is 0 Å². The van der Waals surface area contributed by atoms with Crippen LogP contribution in [-0.4, -0.2) is 64.2 Å². The van der Waals surface area contributed by atoms with Gasteiger partial charge >= 0.3 is 0 Å². The number of carbonyl (C=O) groups is 2. The fraction of sp³-hybridized carbons (Fsp3) is 0.833. The van der Waals surface area contributed by atoms with Crippen LogP contribution in [-0.2, 0) is 14.3 Å². The lowest BCUT2D eigenvalue weighted by molar-refractivity contribution is -0.134. The summed E-state index contributed by atoms with van der Waals surface area (Å²) in [5.74, 6) is -0.132. The number of rotatable bonds is 10. The van der Waals surface area contributed by atoms with Crippen molar-refractivity contribution in [3.05, 3.63) is 0 Å². The van der Waals surface area contributed by atoms with Gasteiger partial charge in [-0.05, 0) is 26.4 Å². The smallest absolute Gasteiger partial charge is 0.239 e. The van der Waals surface area contributed by atoms with Crippen LogP contribution >= 0.6 is 0 Å². The molecule has 2 amide bonds. The molecular weight excluding hydrogens is 234 g/mol. The molecule has 0 rings (SSSR count). The van der Waals surface area contributed by atoms with Crippen LogP contribution in [0.25, 0.3) is 0 Å². The molecule has 0 aliphatic carbocycles. The Labute approximate surface area is 109 Å². The first-order valence-electron chi connectivity index (χ1n) is 6.26. The predicted octanol–water partition coefficient (Wildman–Crippen LogP) is -0.403. The highest BCUT2D eigenvalue weighted by Gasteiger charge is 2.11. The molecule has 0 unspecified atom stereocenters. The molecule has 18 heavy (non-hydrogen) atoms. The van der Waals surface area contributed by atoms with Crippen molar-refractivity contribution in [1.82, 2.24) is 15.5 Å². The van der Waals surface area contributed by atoms with Gasteiger partial charge in [-0.25, -0.2) is 0 Å². The molecule has 0 aliphatic heterocycles. The van der Waals surface area contributed by atoms with E-state index in [2.05, 4.69) is 10.6 Å². The van der Waals surface area contributed by atoms with E-state index in [-0.39, 0.29) is 18.4 Å². The minimum absolute atomic E-state index is 0.00251. The zero-order chi connectivity index (χ0) is 13.8. The molecule has 0 aromatic carbocycles. The summed E-state index contributed by atoms with van der Waals surface area (Å²) in [5.41, 5.74) is 0. The maximum Gasteiger partial charge on any atom is 0.239 e. The second kappa shape index (κ2) is 11.0. The topological polar surface area (TPSA) is 70.7 Å². The lowest BCUT2D eigenvalue weighted by Gasteiger charge is -2.16. The van der Waals surface area contributed by atoms with Gasteiger partial charge in [0.05, 0.1) is 6.54 Å². The summed E-state index contributed by atoms with van der Waals surface area (Å²) < 4.78 is 4.88. The van der Waals surface area contributed by atoms with Crippen LogP contribution in [0.4, 0.5) is 0 Å². The summed E-state index contributed by atoms with van der Waals surface area (Å²) in [6, 6.07) is 0. The van der Waals surface area contributed by atoms with Crippen LogP contribution < -0.4 is 10.6 Å². The third kappa shape index (κ3) is 8.95. The Balaban J connectivity index is 3.68. The summed E-state index contributed by atoms with van der Waals surface area (Å²) in [4.78, 5) is 24.6. The summed E-state index contributed by atoms with van der Waals surface area (Å²) in [6.07, 6.45) is 2.03. The third-order valence-corrected chi connectivity index (χ3v) is 2.47. The van der Waals surface area contributed by atoms with Crippen molar-refractivity contribution < 1.29 is 14.3 Å². The number of carbonyl (C=O) groups excluding carboxylic acids is 2. The molecule has 6 heteroatoms. The largest absolute Gasteiger partial charge is 0.385 e. The van der Waals surface area contributed by atoms with Crippen LogP contribution in [0, 0.1) is 0 Å². The molecule has 0 aromatic heterocycles. The van der Waals surface area contributed by atoms with Gasteiger partial charge in [0.15, 0.2) is 0 Å². The molecule has 0 heterocycles. The number of nitrogens with zero attached hydrogens (tertiary/aromatic N) is 1. The van der Waals surface area contributed by atoms with Crippen molar-refractivity contribution in [2.45, 2.75) is 19.3 Å². The minimum Gasteiger partial charge on any atom is -0.385 e. The zero-order valence-electron chi connectivity index (χ0n) is 11.6. The van der Waals surface area contributed by atoms with E-state index in [0.29, 0.717) is 19.6 Å². The first-order chi connectivity index (χ1) is 8.61. The molecule has 0 aliphatic rings. The van der Waals surface area contributed by atoms with Gasteiger partial charge in [0.1, 0.15) is 0 Å². The van der Waals surface area contributed by atoms with Gasteiger partial charge in [-0.3, -0.25) is 9.59 Å². The number of hydrogen-bond acceptors (Lipinski definition) is 4. The number of hydrogen-bond donors (Lipinski definition) is 2. The summed E-state index contributed by atoms with van der Waals surface area (Å²) >= 11 is 0. The van der Waals surface area contributed by atoms with Crippen LogP contribution in [0.5, 0.6) is 0 Å². The molecule has 0 atom stereocenters. The molecule has 0 saturated heterocycles. The van der Waals surface area contributed by atoms with Gasteiger partial charge in [0.25, 0.3) is 0 Å². The monoisotopic (exact) mass is 259 g/mol. The van der Waals surface area contributed by atoms with Gasteiger partial charge in [-0.2, -0.15) is 0 Å². The lowest BCUT2D eigenvalue weighted by atomic mass is 10.3. The van der Waals surface area contributed by atoms with E-state index in [4.69, 9.17) is 4.74 Å². The molecule has 0 fully saturated rings. The third-order valence-electron chi connectivity index (χ3n) is 2.47. The Bertz CT molecular complexity index is 247. The maximum atomic E-state index is 11.6. The maximum absolute atomic E-state index is 11.6. The Hall–Kier alpha value is -1.14. The van der Waals surface area contributed by atoms with Crippen LogP contribution in [0.1, 0.15) is 19.3 Å². The minimum atomic E-state index is -0.129. The number of methoxy groups -OCH3 is 1. The molecule has 0 saturated carbocycles. The van der Waals surface area contributed by atoms with E-state index in [1.54, 1.807) is 14.2 Å². The van der Waals surface area contributed by atoms with E-state index in [0.717, 1.165) is 19.4 Å². The van der Waals surface area contributed by atoms with Gasteiger partial charge in [-0.15, -0.1) is 0 Å². The van der Waals surface area contributed by atoms with E-state index in [9.17, 15) is 9.59 Å². The Kier molecular flexibility index (Phi) is 10.3. The first kappa shape index (κ1) is 16.9. The molecule has 0 aromatic rings. The average molecular weight is 259 g/mol. The van der Waals surface area contributed by atoms with Gasteiger partial charge < -0.3 is 20.3 Å². The van der Waals surface area contributed by atoms with Crippen LogP contribution in [0.15, 0.2) is 0 Å². The fourth-order valence-corrected chi connectivity index (χ4v) is 1.41. The van der Waals surface area contributed by atoms with Crippen molar-refractivity contribution in [1.29, 1.82) is 0 Å². The normalized spacial score (nSPS) is 10.2. The summed E-state index contributed by atoms with van der Waals surface area (Å²) in [7, 11) is 5.12. The average Bonchev–Trinajstić information content (AvgIpc) is 2.34. The number of amides is 2. The highest BCUT2D eigenvalue weighted by Crippen LogP contribution is 1.94. The second-order valence-corrected chi connectivity index (χ2v) is 4.15. The predicted molar refractivity (Wildman–Crippen MR) is 70.3 cm³/mol. The van der Waals surface area contributed by atoms with Gasteiger partial charge in [-0.1, -0.05) is 0 Å². The molecule has 0 spiro atoms. The van der Waals surface area contributed by atoms with Gasteiger partial charge in [0.2, 0.25) is 11.8 Å². The molecular formula is C12H25N3O3. The van der Waals surface area contributed by atoms with Crippen molar-refractivity contribution >= 4 is 11.8 Å². The van der Waals surface area contributed by atoms with E-state index >= 15 is 0 Å². The van der Waals surface area contributed by atoms with Crippen LogP contribution in [0.3, 0.4) is 0 Å². The Morgan fingerprint density at radius 3 is 2.56 bits per heavy atom. The Morgan fingerprint density at radius 2 is 1.94 bits per heavy atom. The summed E-state index contributed by atoms with van der Waals surface area (Å²) in [6.45, 7) is 2.13. The SMILES string of the molecule is CNCCCC(=O)N(C)CC(=O)NCCCOC. The number of likely N-dealkylation sites (N-methyl/N-ethyl adjacent to an activating group) is 1. The van der Waals surface area contributed by atoms with Crippen molar-refractivity contribution in [3.8, 4) is 0 Å². The molecule has 0 radical (unpaired) electrons. The fourth-order valence-electron chi connectivity index (χ4n) is 1.41. The van der Waals surface area contributed by atoms with E-state index < -0.39 is 0 Å². The number of ether oxygens (including phenoxy) is 1. The van der Waals surface area contributed by atoms with Gasteiger partial charge in [0, 0.05) is 33.7 Å². The van der Waals surface area contributed by atoms with Crippen molar-refractivity contribution in [2.24, 2.45) is 0 Å². The standard InChI is InChI=1S/C12H25N3O3/c1-13-7-4-6-12(17)15(2)10-11(16)14-8-5-9-18-3/h13H,4-10H2,1-3H3,(H,14,16). The molecule has 6 nitrogen and oxygen atoms in total. The van der Waals surface area contributed by atoms with E-state index in [1.807, 2.05) is 7.05 Å². The first-order valence-corrected chi connectivity index (χ1v) is 6.26. The molecule has 2 N–H and O–H groups in total. The number of nitrogens with one attached hydrogen (secondary N) is 2. The van der Waals surface area contributed by atoms with Crippen LogP contribution in [0.2, 0.25) is 0 Å². The highest BCUT2D eigenvalue weighted by molar-refractivity contribution is 5.84. The van der Waals surface area contributed by atoms with E-state index in [1.165, 1.54) is 4.90 Å². The summed E-state index contributed by atoms with van der Waals surface area (Å²) in [5, 5.41) is 5.73. The van der Waals surface area contributed by atoms with Crippen molar-refractivity contribution in [2.75, 3.05) is 47.4 Å². The second-order valence-electron chi connectivity index (χ2n) is 4.15. The Morgan fingerprint density at radius 1 is 1.22 bits per heavy atom. The zero-order valence-corrected chi connectivity index (χ0v) is 11.6. The highest BCUT2D eigenvalue weighted by atomic mass is 16.5. The lowest BCUT2D eigenvalue weighted by Crippen LogP contribution is -2.38.